The molecule has 1 aliphatic carbocycles. The first kappa shape index (κ1) is 14.5. The molecule has 2 aliphatic rings. The van der Waals surface area contributed by atoms with Crippen LogP contribution in [0.1, 0.15) is 45.4 Å². The maximum absolute atomic E-state index is 11.3. The van der Waals surface area contributed by atoms with E-state index in [0.29, 0.717) is 25.2 Å². The van der Waals surface area contributed by atoms with Gasteiger partial charge in [-0.15, -0.1) is 0 Å². The van der Waals surface area contributed by atoms with Gasteiger partial charge in [-0.3, -0.25) is 14.9 Å². The number of amides is 2. The second-order valence-electron chi connectivity index (χ2n) is 6.20. The van der Waals surface area contributed by atoms with E-state index in [4.69, 9.17) is 0 Å². The molecule has 5 nitrogen and oxygen atoms in total. The maximum Gasteiger partial charge on any atom is 0.226 e. The van der Waals surface area contributed by atoms with Crippen molar-refractivity contribution in [2.45, 2.75) is 57.7 Å². The third kappa shape index (κ3) is 3.76. The molecule has 1 saturated carbocycles. The molecule has 1 saturated heterocycles. The van der Waals surface area contributed by atoms with Crippen LogP contribution in [-0.4, -0.2) is 34.2 Å². The zero-order chi connectivity index (χ0) is 14.0. The molecule has 4 atom stereocenters. The monoisotopic (exact) mass is 269 g/mol. The van der Waals surface area contributed by atoms with E-state index in [1.54, 1.807) is 0 Å². The van der Waals surface area contributed by atoms with Crippen molar-refractivity contribution >= 4 is 11.8 Å². The fourth-order valence-corrected chi connectivity index (χ4v) is 3.36. The minimum Gasteiger partial charge on any atom is -0.393 e. The summed E-state index contributed by atoms with van der Waals surface area (Å²) in [7, 11) is 0. The molecule has 2 amide bonds. The van der Waals surface area contributed by atoms with Gasteiger partial charge in [0.15, 0.2) is 0 Å². The van der Waals surface area contributed by atoms with Crippen LogP contribution in [0.3, 0.4) is 0 Å². The summed E-state index contributed by atoms with van der Waals surface area (Å²) in [6, 6.07) is 0. The summed E-state index contributed by atoms with van der Waals surface area (Å²) in [5.41, 5.74) is 0. The molecular weight excluding hydrogens is 246 g/mol. The highest BCUT2D eigenvalue weighted by molar-refractivity contribution is 5.97. The van der Waals surface area contributed by atoms with Gasteiger partial charge in [0.1, 0.15) is 0 Å². The van der Waals surface area contributed by atoms with Gasteiger partial charge in [-0.2, -0.15) is 0 Å². The summed E-state index contributed by atoms with van der Waals surface area (Å²) in [6.07, 6.45) is 2.47. The zero-order valence-electron chi connectivity index (χ0n) is 11.3. The largest absolute Gasteiger partial charge is 0.393 e. The van der Waals surface area contributed by atoms with Gasteiger partial charge in [-0.25, -0.2) is 0 Å². The molecular formula is C14H23NO4. The lowest BCUT2D eigenvalue weighted by atomic mass is 9.75. The number of rotatable bonds is 3. The molecule has 0 aromatic rings. The fourth-order valence-electron chi connectivity index (χ4n) is 3.36. The number of piperidine rings is 1. The number of carbonyl (C=O) groups is 2. The number of hydrogen-bond donors (Lipinski definition) is 3. The van der Waals surface area contributed by atoms with Crippen LogP contribution in [0.5, 0.6) is 0 Å². The van der Waals surface area contributed by atoms with E-state index in [1.165, 1.54) is 0 Å². The van der Waals surface area contributed by atoms with Crippen molar-refractivity contribution in [2.24, 2.45) is 17.8 Å². The van der Waals surface area contributed by atoms with Gasteiger partial charge in [0.05, 0.1) is 12.2 Å². The fraction of sp³-hybridized carbons (Fsp3) is 0.857. The molecule has 0 aromatic heterocycles. The van der Waals surface area contributed by atoms with Crippen LogP contribution in [-0.2, 0) is 9.59 Å². The van der Waals surface area contributed by atoms with Gasteiger partial charge >= 0.3 is 0 Å². The lowest BCUT2D eigenvalue weighted by Gasteiger charge is -2.36. The standard InChI is InChI=1S/C14H23NO4/c1-8-2-3-11(16)10(4-8)12(17)5-9-6-13(18)15-14(19)7-9/h8-12,16-17H,2-7H2,1H3,(H,15,18,19)/t8-,10?,11-,12+/m0/s1. The number of aliphatic hydroxyl groups excluding tert-OH is 2. The number of carbonyl (C=O) groups excluding carboxylic acids is 2. The molecule has 108 valence electrons. The Bertz CT molecular complexity index is 341. The predicted molar refractivity (Wildman–Crippen MR) is 69.0 cm³/mol. The Kier molecular flexibility index (Phi) is 4.58. The van der Waals surface area contributed by atoms with Crippen LogP contribution in [0.4, 0.5) is 0 Å². The molecule has 0 aromatic carbocycles. The van der Waals surface area contributed by atoms with Crippen molar-refractivity contribution in [3.63, 3.8) is 0 Å². The van der Waals surface area contributed by atoms with Crippen molar-refractivity contribution in [3.05, 3.63) is 0 Å². The van der Waals surface area contributed by atoms with Crippen molar-refractivity contribution in [1.29, 1.82) is 0 Å². The summed E-state index contributed by atoms with van der Waals surface area (Å²) in [4.78, 5) is 22.6. The molecule has 19 heavy (non-hydrogen) atoms. The number of nitrogens with one attached hydrogen (secondary N) is 1. The van der Waals surface area contributed by atoms with Crippen LogP contribution >= 0.6 is 0 Å². The molecule has 2 rings (SSSR count). The Balaban J connectivity index is 1.90. The van der Waals surface area contributed by atoms with E-state index < -0.39 is 12.2 Å². The average Bonchev–Trinajstić information content (AvgIpc) is 2.30. The summed E-state index contributed by atoms with van der Waals surface area (Å²) in [6.45, 7) is 2.13. The average molecular weight is 269 g/mol. The van der Waals surface area contributed by atoms with Crippen LogP contribution in [0.25, 0.3) is 0 Å². The Morgan fingerprint density at radius 3 is 2.53 bits per heavy atom. The Morgan fingerprint density at radius 2 is 1.89 bits per heavy atom. The second kappa shape index (κ2) is 6.01. The van der Waals surface area contributed by atoms with E-state index in [1.807, 2.05) is 0 Å². The van der Waals surface area contributed by atoms with E-state index in [9.17, 15) is 19.8 Å². The number of aliphatic hydroxyl groups is 2. The van der Waals surface area contributed by atoms with E-state index in [-0.39, 0.29) is 23.7 Å². The van der Waals surface area contributed by atoms with Crippen LogP contribution in [0, 0.1) is 17.8 Å². The Labute approximate surface area is 113 Å². The smallest absolute Gasteiger partial charge is 0.226 e. The zero-order valence-corrected chi connectivity index (χ0v) is 11.3. The highest BCUT2D eigenvalue weighted by atomic mass is 16.3. The molecule has 0 bridgehead atoms. The van der Waals surface area contributed by atoms with Gasteiger partial charge < -0.3 is 10.2 Å². The third-order valence-electron chi connectivity index (χ3n) is 4.42. The van der Waals surface area contributed by atoms with Gasteiger partial charge in [-0.05, 0) is 37.5 Å². The second-order valence-corrected chi connectivity index (χ2v) is 6.20. The Hall–Kier alpha value is -0.940. The summed E-state index contributed by atoms with van der Waals surface area (Å²) >= 11 is 0. The SMILES string of the molecule is C[C@H]1CC[C@H](O)C([C@H](O)CC2CC(=O)NC(=O)C2)C1. The minimum absolute atomic E-state index is 0.0966. The van der Waals surface area contributed by atoms with Crippen LogP contribution in [0.2, 0.25) is 0 Å². The van der Waals surface area contributed by atoms with Crippen molar-refractivity contribution in [3.8, 4) is 0 Å². The third-order valence-corrected chi connectivity index (χ3v) is 4.42. The predicted octanol–water partition coefficient (Wildman–Crippen LogP) is 0.587. The topological polar surface area (TPSA) is 86.6 Å². The lowest BCUT2D eigenvalue weighted by molar-refractivity contribution is -0.135. The van der Waals surface area contributed by atoms with Crippen molar-refractivity contribution in [2.75, 3.05) is 0 Å². The summed E-state index contributed by atoms with van der Waals surface area (Å²) in [5, 5.41) is 22.5. The van der Waals surface area contributed by atoms with Crippen molar-refractivity contribution < 1.29 is 19.8 Å². The molecule has 0 spiro atoms. The summed E-state index contributed by atoms with van der Waals surface area (Å²) in [5.74, 6) is -0.221. The normalized spacial score (nSPS) is 35.0. The molecule has 5 heteroatoms. The number of hydrogen-bond acceptors (Lipinski definition) is 4. The first-order valence-electron chi connectivity index (χ1n) is 7.14. The quantitative estimate of drug-likeness (QED) is 0.654. The first-order chi connectivity index (χ1) is 8.95. The van der Waals surface area contributed by atoms with Gasteiger partial charge in [-0.1, -0.05) is 6.92 Å². The molecule has 1 aliphatic heterocycles. The van der Waals surface area contributed by atoms with E-state index in [0.717, 1.165) is 19.3 Å². The molecule has 1 heterocycles. The van der Waals surface area contributed by atoms with Crippen LogP contribution in [0.15, 0.2) is 0 Å². The summed E-state index contributed by atoms with van der Waals surface area (Å²) < 4.78 is 0. The highest BCUT2D eigenvalue weighted by Crippen LogP contribution is 2.34. The first-order valence-corrected chi connectivity index (χ1v) is 7.14. The molecule has 0 radical (unpaired) electrons. The Morgan fingerprint density at radius 1 is 1.26 bits per heavy atom. The molecule has 2 fully saturated rings. The molecule has 1 unspecified atom stereocenters. The lowest BCUT2D eigenvalue weighted by Crippen LogP contribution is -2.42. The minimum atomic E-state index is -0.624. The number of imide groups is 1. The highest BCUT2D eigenvalue weighted by Gasteiger charge is 2.35. The van der Waals surface area contributed by atoms with Gasteiger partial charge in [0.2, 0.25) is 11.8 Å². The van der Waals surface area contributed by atoms with E-state index >= 15 is 0 Å². The van der Waals surface area contributed by atoms with Crippen LogP contribution < -0.4 is 5.32 Å². The van der Waals surface area contributed by atoms with E-state index in [2.05, 4.69) is 12.2 Å². The maximum atomic E-state index is 11.3. The van der Waals surface area contributed by atoms with Crippen molar-refractivity contribution in [1.82, 2.24) is 5.32 Å². The molecule has 3 N–H and O–H groups in total. The van der Waals surface area contributed by atoms with Gasteiger partial charge in [0, 0.05) is 18.8 Å². The van der Waals surface area contributed by atoms with Gasteiger partial charge in [0.25, 0.3) is 0 Å².